The van der Waals surface area contributed by atoms with Crippen LogP contribution in [0.4, 0.5) is 26.3 Å². The molecule has 0 radical (unpaired) electrons. The fourth-order valence-corrected chi connectivity index (χ4v) is 7.72. The Bertz CT molecular complexity index is 2500. The normalized spacial score (nSPS) is 16.9. The molecule has 0 fully saturated rings. The van der Waals surface area contributed by atoms with Crippen molar-refractivity contribution in [3.63, 3.8) is 0 Å². The molecule has 280 valence electrons. The number of fused-ring (bicyclic) bond motifs is 8. The van der Waals surface area contributed by atoms with Crippen LogP contribution in [0.3, 0.4) is 0 Å². The van der Waals surface area contributed by atoms with Crippen molar-refractivity contribution in [2.75, 3.05) is 21.3 Å². The number of ether oxygens (including phenoxy) is 4. The predicted molar refractivity (Wildman–Crippen MR) is 193 cm³/mol. The number of aromatic nitrogens is 3. The molecule has 7 nitrogen and oxygen atoms in total. The number of nitrogens with zero attached hydrogens (tertiary/aromatic N) is 3. The molecule has 6 aromatic rings. The summed E-state index contributed by atoms with van der Waals surface area (Å²) in [6.45, 7) is 4.33. The molecule has 0 spiro atoms. The SMILES string of the molecule is COc1ccc(C2(c3ccc(-c4nc(C(F)(F)F)nc(C(F)(F)F)n4)cc3)C=Cc3c4c(c5cc(OC)c(OC)cc5c3O2)-c2ccccc2C4(C)C)cc1. The first kappa shape index (κ1) is 35.9. The van der Waals surface area contributed by atoms with Crippen LogP contribution in [0.1, 0.15) is 53.3 Å². The van der Waals surface area contributed by atoms with Crippen LogP contribution >= 0.6 is 0 Å². The minimum absolute atomic E-state index is 0.0909. The van der Waals surface area contributed by atoms with Gasteiger partial charge in [0.2, 0.25) is 11.6 Å². The van der Waals surface area contributed by atoms with Crippen molar-refractivity contribution >= 4 is 16.8 Å². The van der Waals surface area contributed by atoms with Crippen molar-refractivity contribution in [3.8, 4) is 45.5 Å². The first-order chi connectivity index (χ1) is 26.1. The Labute approximate surface area is 311 Å². The van der Waals surface area contributed by atoms with Crippen LogP contribution in [0.25, 0.3) is 39.4 Å². The zero-order valence-corrected chi connectivity index (χ0v) is 30.0. The number of benzene rings is 5. The second-order valence-electron chi connectivity index (χ2n) is 13.7. The Hall–Kier alpha value is -6.11. The number of hydrogen-bond donors (Lipinski definition) is 0. The van der Waals surface area contributed by atoms with Crippen molar-refractivity contribution < 1.29 is 45.3 Å². The molecule has 1 unspecified atom stereocenters. The van der Waals surface area contributed by atoms with Gasteiger partial charge in [-0.15, -0.1) is 0 Å². The van der Waals surface area contributed by atoms with E-state index >= 15 is 0 Å². The summed E-state index contributed by atoms with van der Waals surface area (Å²) < 4.78 is 106. The van der Waals surface area contributed by atoms with Crippen molar-refractivity contribution in [2.45, 2.75) is 37.2 Å². The Kier molecular flexibility index (Phi) is 8.14. The Morgan fingerprint density at radius 1 is 0.655 bits per heavy atom. The van der Waals surface area contributed by atoms with Crippen LogP contribution < -0.4 is 18.9 Å². The van der Waals surface area contributed by atoms with Gasteiger partial charge in [0.05, 0.1) is 21.3 Å². The molecular formula is C42H31F6N3O4. The maximum Gasteiger partial charge on any atom is 0.451 e. The average molecular weight is 756 g/mol. The van der Waals surface area contributed by atoms with Crippen molar-refractivity contribution in [1.82, 2.24) is 15.0 Å². The molecule has 2 heterocycles. The van der Waals surface area contributed by atoms with Gasteiger partial charge < -0.3 is 18.9 Å². The number of hydrogen-bond acceptors (Lipinski definition) is 7. The third-order valence-electron chi connectivity index (χ3n) is 10.3. The van der Waals surface area contributed by atoms with E-state index in [1.807, 2.05) is 48.6 Å². The van der Waals surface area contributed by atoms with Crippen molar-refractivity contribution in [3.05, 3.63) is 130 Å². The highest BCUT2D eigenvalue weighted by atomic mass is 19.4. The summed E-state index contributed by atoms with van der Waals surface area (Å²) in [4.78, 5) is 9.36. The highest BCUT2D eigenvalue weighted by Crippen LogP contribution is 2.59. The molecule has 1 aliphatic carbocycles. The number of alkyl halides is 6. The van der Waals surface area contributed by atoms with E-state index < -0.39 is 40.8 Å². The van der Waals surface area contributed by atoms with Gasteiger partial charge >= 0.3 is 12.4 Å². The smallest absolute Gasteiger partial charge is 0.451 e. The quantitative estimate of drug-likeness (QED) is 0.157. The molecule has 1 aromatic heterocycles. The van der Waals surface area contributed by atoms with Gasteiger partial charge in [-0.05, 0) is 58.0 Å². The standard InChI is InChI=1S/C42H31F6N3O4/c1-39(2)30-9-7-6-8-26(30)33-28-20-31(53-4)32(54-5)21-29(28)35-27(34(33)39)18-19-40(55-35,24-14-16-25(52-3)17-15-24)23-12-10-22(11-13-23)36-49-37(41(43,44)45)51-38(50-36)42(46,47)48/h6-21H,1-5H3. The van der Waals surface area contributed by atoms with E-state index in [1.165, 1.54) is 12.1 Å². The lowest BCUT2D eigenvalue weighted by molar-refractivity contribution is -0.155. The summed E-state index contributed by atoms with van der Waals surface area (Å²) in [5.41, 5.74) is 4.46. The maximum absolute atomic E-state index is 13.6. The van der Waals surface area contributed by atoms with Gasteiger partial charge in [-0.3, -0.25) is 0 Å². The number of halogens is 6. The molecule has 2 aliphatic rings. The van der Waals surface area contributed by atoms with Crippen LogP contribution in [0, 0.1) is 0 Å². The molecule has 8 rings (SSSR count). The first-order valence-electron chi connectivity index (χ1n) is 17.0. The largest absolute Gasteiger partial charge is 0.497 e. The zero-order chi connectivity index (χ0) is 39.1. The highest BCUT2D eigenvalue weighted by molar-refractivity contribution is 6.09. The van der Waals surface area contributed by atoms with Crippen LogP contribution in [-0.2, 0) is 23.4 Å². The maximum atomic E-state index is 13.6. The van der Waals surface area contributed by atoms with Gasteiger partial charge in [-0.1, -0.05) is 80.6 Å². The van der Waals surface area contributed by atoms with Gasteiger partial charge in [0, 0.05) is 33.1 Å². The minimum Gasteiger partial charge on any atom is -0.497 e. The Balaban J connectivity index is 1.36. The van der Waals surface area contributed by atoms with Gasteiger partial charge in [0.25, 0.3) is 0 Å². The molecule has 55 heavy (non-hydrogen) atoms. The van der Waals surface area contributed by atoms with E-state index in [-0.39, 0.29) is 5.56 Å². The lowest BCUT2D eigenvalue weighted by Crippen LogP contribution is -2.35. The van der Waals surface area contributed by atoms with E-state index in [9.17, 15) is 26.3 Å². The third-order valence-corrected chi connectivity index (χ3v) is 10.3. The second kappa shape index (κ2) is 12.5. The fourth-order valence-electron chi connectivity index (χ4n) is 7.72. The van der Waals surface area contributed by atoms with E-state index in [4.69, 9.17) is 18.9 Å². The van der Waals surface area contributed by atoms with Crippen molar-refractivity contribution in [2.24, 2.45) is 0 Å². The second-order valence-corrected chi connectivity index (χ2v) is 13.7. The van der Waals surface area contributed by atoms with Crippen LogP contribution in [0.5, 0.6) is 23.0 Å². The Morgan fingerprint density at radius 2 is 1.22 bits per heavy atom. The van der Waals surface area contributed by atoms with Gasteiger partial charge in [-0.2, -0.15) is 26.3 Å². The molecule has 1 atom stereocenters. The number of rotatable bonds is 6. The van der Waals surface area contributed by atoms with E-state index in [0.29, 0.717) is 34.1 Å². The number of methoxy groups -OCH3 is 3. The zero-order valence-electron chi connectivity index (χ0n) is 30.0. The molecule has 13 heteroatoms. The molecule has 0 saturated heterocycles. The molecule has 5 aromatic carbocycles. The molecule has 0 N–H and O–H groups in total. The van der Waals surface area contributed by atoms with E-state index in [2.05, 4.69) is 40.9 Å². The predicted octanol–water partition coefficient (Wildman–Crippen LogP) is 10.4. The lowest BCUT2D eigenvalue weighted by atomic mass is 9.76. The average Bonchev–Trinajstić information content (AvgIpc) is 3.43. The van der Waals surface area contributed by atoms with E-state index in [1.54, 1.807) is 45.6 Å². The topological polar surface area (TPSA) is 75.6 Å². The molecule has 0 saturated carbocycles. The molecule has 1 aliphatic heterocycles. The molecule has 0 amide bonds. The minimum atomic E-state index is -5.24. The van der Waals surface area contributed by atoms with E-state index in [0.717, 1.165) is 38.6 Å². The molecular weight excluding hydrogens is 724 g/mol. The van der Waals surface area contributed by atoms with Crippen LogP contribution in [-0.4, -0.2) is 36.3 Å². The Morgan fingerprint density at radius 3 is 1.78 bits per heavy atom. The van der Waals surface area contributed by atoms with Gasteiger partial charge in [-0.25, -0.2) is 15.0 Å². The summed E-state index contributed by atoms with van der Waals surface area (Å²) in [6.07, 6.45) is -6.56. The highest BCUT2D eigenvalue weighted by Gasteiger charge is 2.45. The van der Waals surface area contributed by atoms with Gasteiger partial charge in [0.1, 0.15) is 11.5 Å². The first-order valence-corrected chi connectivity index (χ1v) is 17.0. The summed E-state index contributed by atoms with van der Waals surface area (Å²) >= 11 is 0. The monoisotopic (exact) mass is 755 g/mol. The van der Waals surface area contributed by atoms with Gasteiger partial charge in [0.15, 0.2) is 22.9 Å². The van der Waals surface area contributed by atoms with Crippen LogP contribution in [0.15, 0.2) is 91.0 Å². The summed E-state index contributed by atoms with van der Waals surface area (Å²) in [5, 5.41) is 1.61. The summed E-state index contributed by atoms with van der Waals surface area (Å²) in [5.74, 6) is -2.54. The summed E-state index contributed by atoms with van der Waals surface area (Å²) in [7, 11) is 4.66. The summed E-state index contributed by atoms with van der Waals surface area (Å²) in [6, 6.07) is 25.1. The van der Waals surface area contributed by atoms with Crippen LogP contribution in [0.2, 0.25) is 0 Å². The fraction of sp³-hybridized carbons (Fsp3) is 0.214. The lowest BCUT2D eigenvalue weighted by Gasteiger charge is -2.38. The van der Waals surface area contributed by atoms with Crippen molar-refractivity contribution in [1.29, 1.82) is 0 Å². The molecule has 0 bridgehead atoms. The third kappa shape index (κ3) is 5.63.